The molecule has 21 heavy (non-hydrogen) atoms. The molecule has 0 bridgehead atoms. The lowest BCUT2D eigenvalue weighted by molar-refractivity contribution is -0.127. The van der Waals surface area contributed by atoms with E-state index in [1.54, 1.807) is 0 Å². The van der Waals surface area contributed by atoms with Crippen molar-refractivity contribution in [2.75, 3.05) is 19.6 Å². The Labute approximate surface area is 125 Å². The number of carbonyl (C=O) groups is 2. The lowest BCUT2D eigenvalue weighted by atomic mass is 9.78. The molecular formula is C15H25N3O3. The van der Waals surface area contributed by atoms with E-state index in [0.717, 1.165) is 38.6 Å². The van der Waals surface area contributed by atoms with E-state index in [2.05, 4.69) is 22.5 Å². The van der Waals surface area contributed by atoms with E-state index in [1.807, 2.05) is 0 Å². The maximum atomic E-state index is 12.0. The SMILES string of the molecule is CC1CCC(O)(CN2CCCC3(C2)NC(=O)NC3=O)CC1. The van der Waals surface area contributed by atoms with Crippen molar-refractivity contribution in [3.8, 4) is 0 Å². The van der Waals surface area contributed by atoms with Crippen LogP contribution in [0.1, 0.15) is 45.4 Å². The number of β-amino-alcohol motifs (C(OH)–C–C–N with tert-alkyl or cyclic N) is 1. The van der Waals surface area contributed by atoms with E-state index in [0.29, 0.717) is 25.4 Å². The average Bonchev–Trinajstić information content (AvgIpc) is 2.68. The first-order valence-corrected chi connectivity index (χ1v) is 7.99. The van der Waals surface area contributed by atoms with Crippen molar-refractivity contribution in [1.29, 1.82) is 0 Å². The van der Waals surface area contributed by atoms with E-state index in [-0.39, 0.29) is 5.91 Å². The Morgan fingerprint density at radius 3 is 2.62 bits per heavy atom. The molecule has 1 unspecified atom stereocenters. The van der Waals surface area contributed by atoms with Crippen molar-refractivity contribution in [3.63, 3.8) is 0 Å². The average molecular weight is 295 g/mol. The summed E-state index contributed by atoms with van der Waals surface area (Å²) in [6.45, 7) is 4.21. The third-order valence-corrected chi connectivity index (χ3v) is 5.31. The molecule has 6 nitrogen and oxygen atoms in total. The van der Waals surface area contributed by atoms with E-state index in [4.69, 9.17) is 0 Å². The molecule has 3 N–H and O–H groups in total. The molecule has 1 saturated carbocycles. The molecule has 1 aliphatic carbocycles. The van der Waals surface area contributed by atoms with Crippen LogP contribution in [0.3, 0.4) is 0 Å². The zero-order chi connectivity index (χ0) is 15.1. The zero-order valence-electron chi connectivity index (χ0n) is 12.7. The predicted octanol–water partition coefficient (Wildman–Crippen LogP) is 0.602. The number of hydrogen-bond donors (Lipinski definition) is 3. The fourth-order valence-electron chi connectivity index (χ4n) is 3.97. The number of likely N-dealkylation sites (tertiary alicyclic amines) is 1. The summed E-state index contributed by atoms with van der Waals surface area (Å²) < 4.78 is 0. The third kappa shape index (κ3) is 2.92. The van der Waals surface area contributed by atoms with Crippen molar-refractivity contribution in [2.45, 2.75) is 56.6 Å². The Morgan fingerprint density at radius 1 is 1.29 bits per heavy atom. The molecule has 3 fully saturated rings. The lowest BCUT2D eigenvalue weighted by Gasteiger charge is -2.43. The molecule has 1 spiro atoms. The van der Waals surface area contributed by atoms with Gasteiger partial charge in [-0.3, -0.25) is 15.0 Å². The molecule has 0 aromatic rings. The zero-order valence-corrected chi connectivity index (χ0v) is 12.7. The summed E-state index contributed by atoms with van der Waals surface area (Å²) in [6, 6.07) is -0.396. The maximum Gasteiger partial charge on any atom is 0.322 e. The second-order valence-corrected chi connectivity index (χ2v) is 7.21. The number of imide groups is 1. The number of rotatable bonds is 2. The minimum atomic E-state index is -0.784. The number of amides is 3. The first-order chi connectivity index (χ1) is 9.91. The Morgan fingerprint density at radius 2 is 2.00 bits per heavy atom. The predicted molar refractivity (Wildman–Crippen MR) is 77.7 cm³/mol. The van der Waals surface area contributed by atoms with E-state index < -0.39 is 17.2 Å². The van der Waals surface area contributed by atoms with Crippen LogP contribution < -0.4 is 10.6 Å². The highest BCUT2D eigenvalue weighted by Crippen LogP contribution is 2.34. The first-order valence-electron chi connectivity index (χ1n) is 7.99. The molecule has 6 heteroatoms. The number of nitrogens with zero attached hydrogens (tertiary/aromatic N) is 1. The summed E-state index contributed by atoms with van der Waals surface area (Å²) in [6.07, 6.45) is 5.32. The van der Waals surface area contributed by atoms with Gasteiger partial charge in [0.25, 0.3) is 5.91 Å². The monoisotopic (exact) mass is 295 g/mol. The van der Waals surface area contributed by atoms with Crippen molar-refractivity contribution in [2.24, 2.45) is 5.92 Å². The summed E-state index contributed by atoms with van der Waals surface area (Å²) in [7, 11) is 0. The summed E-state index contributed by atoms with van der Waals surface area (Å²) in [5.41, 5.74) is -1.42. The Hall–Kier alpha value is -1.14. The second-order valence-electron chi connectivity index (χ2n) is 7.21. The Bertz CT molecular complexity index is 445. The van der Waals surface area contributed by atoms with Crippen molar-refractivity contribution in [1.82, 2.24) is 15.5 Å². The molecule has 3 rings (SSSR count). The minimum absolute atomic E-state index is 0.221. The van der Waals surface area contributed by atoms with Crippen LogP contribution in [0, 0.1) is 5.92 Å². The highest BCUT2D eigenvalue weighted by molar-refractivity contribution is 6.07. The van der Waals surface area contributed by atoms with Gasteiger partial charge in [0.1, 0.15) is 5.54 Å². The van der Waals surface area contributed by atoms with Crippen molar-refractivity contribution >= 4 is 11.9 Å². The normalized spacial score (nSPS) is 41.1. The molecule has 1 atom stereocenters. The standard InChI is InChI=1S/C15H25N3O3/c1-11-3-6-14(21,7-4-11)9-18-8-2-5-15(10-18)12(19)16-13(20)17-15/h11,21H,2-10H2,1H3,(H2,16,17,19,20). The quantitative estimate of drug-likeness (QED) is 0.652. The van der Waals surface area contributed by atoms with Crippen LogP contribution >= 0.6 is 0 Å². The van der Waals surface area contributed by atoms with Gasteiger partial charge in [-0.2, -0.15) is 0 Å². The topological polar surface area (TPSA) is 81.7 Å². The molecule has 2 heterocycles. The lowest BCUT2D eigenvalue weighted by Crippen LogP contribution is -2.60. The van der Waals surface area contributed by atoms with Gasteiger partial charge in [0.05, 0.1) is 5.60 Å². The molecule has 0 aromatic carbocycles. The van der Waals surface area contributed by atoms with Crippen molar-refractivity contribution in [3.05, 3.63) is 0 Å². The number of hydrogen-bond acceptors (Lipinski definition) is 4. The van der Waals surface area contributed by atoms with Crippen LogP contribution in [-0.2, 0) is 4.79 Å². The third-order valence-electron chi connectivity index (χ3n) is 5.31. The van der Waals surface area contributed by atoms with Gasteiger partial charge in [0.15, 0.2) is 0 Å². The second kappa shape index (κ2) is 5.25. The van der Waals surface area contributed by atoms with E-state index in [1.165, 1.54) is 0 Å². The van der Waals surface area contributed by atoms with E-state index >= 15 is 0 Å². The fraction of sp³-hybridized carbons (Fsp3) is 0.867. The van der Waals surface area contributed by atoms with Gasteiger partial charge in [0.2, 0.25) is 0 Å². The van der Waals surface area contributed by atoms with E-state index in [9.17, 15) is 14.7 Å². The number of urea groups is 1. The molecule has 2 aliphatic heterocycles. The number of nitrogens with one attached hydrogen (secondary N) is 2. The maximum absolute atomic E-state index is 12.0. The summed E-state index contributed by atoms with van der Waals surface area (Å²) >= 11 is 0. The Kier molecular flexibility index (Phi) is 3.69. The number of carbonyl (C=O) groups excluding carboxylic acids is 2. The van der Waals surface area contributed by atoms with Gasteiger partial charge in [-0.15, -0.1) is 0 Å². The molecule has 0 radical (unpaired) electrons. The molecule has 3 amide bonds. The first kappa shape index (κ1) is 14.8. The molecule has 118 valence electrons. The summed E-state index contributed by atoms with van der Waals surface area (Å²) in [5, 5.41) is 15.9. The van der Waals surface area contributed by atoms with Crippen LogP contribution in [0.25, 0.3) is 0 Å². The highest BCUT2D eigenvalue weighted by Gasteiger charge is 2.49. The molecule has 2 saturated heterocycles. The van der Waals surface area contributed by atoms with Crippen LogP contribution in [0.15, 0.2) is 0 Å². The number of aliphatic hydroxyl groups is 1. The van der Waals surface area contributed by atoms with Gasteiger partial charge >= 0.3 is 6.03 Å². The van der Waals surface area contributed by atoms with Crippen LogP contribution in [0.2, 0.25) is 0 Å². The van der Waals surface area contributed by atoms with Crippen molar-refractivity contribution < 1.29 is 14.7 Å². The molecule has 3 aliphatic rings. The van der Waals surface area contributed by atoms with Crippen LogP contribution in [0.5, 0.6) is 0 Å². The van der Waals surface area contributed by atoms with Gasteiger partial charge < -0.3 is 10.4 Å². The Balaban J connectivity index is 1.64. The van der Waals surface area contributed by atoms with Crippen LogP contribution in [-0.4, -0.2) is 52.7 Å². The number of piperidine rings is 1. The highest BCUT2D eigenvalue weighted by atomic mass is 16.3. The largest absolute Gasteiger partial charge is 0.389 e. The summed E-state index contributed by atoms with van der Waals surface area (Å²) in [4.78, 5) is 25.6. The van der Waals surface area contributed by atoms with Gasteiger partial charge in [-0.25, -0.2) is 4.79 Å². The minimum Gasteiger partial charge on any atom is -0.389 e. The molecule has 0 aromatic heterocycles. The van der Waals surface area contributed by atoms with Gasteiger partial charge in [0, 0.05) is 13.1 Å². The smallest absolute Gasteiger partial charge is 0.322 e. The van der Waals surface area contributed by atoms with Gasteiger partial charge in [-0.1, -0.05) is 6.92 Å². The molecular weight excluding hydrogens is 270 g/mol. The fourth-order valence-corrected chi connectivity index (χ4v) is 3.97. The summed E-state index contributed by atoms with van der Waals surface area (Å²) in [5.74, 6) is 0.472. The van der Waals surface area contributed by atoms with Gasteiger partial charge in [-0.05, 0) is 51.0 Å². The van der Waals surface area contributed by atoms with Crippen LogP contribution in [0.4, 0.5) is 4.79 Å².